The minimum Gasteiger partial charge on any atom is -0.370 e. The Morgan fingerprint density at radius 2 is 1.75 bits per heavy atom. The van der Waals surface area contributed by atoms with Gasteiger partial charge in [-0.3, -0.25) is 4.55 Å². The maximum atomic E-state index is 11.1. The molecule has 1 aromatic rings. The molecule has 0 saturated heterocycles. The summed E-state index contributed by atoms with van der Waals surface area (Å²) in [6, 6.07) is 6.05. The Morgan fingerprint density at radius 3 is 2.05 bits per heavy atom. The van der Waals surface area contributed by atoms with Crippen molar-refractivity contribution in [3.05, 3.63) is 42.7 Å². The monoisotopic (exact) mass is 321 g/mol. The summed E-state index contributed by atoms with van der Waals surface area (Å²) in [5.41, 5.74) is 0.939. The highest BCUT2D eigenvalue weighted by Gasteiger charge is 2.10. The van der Waals surface area contributed by atoms with Crippen LogP contribution in [0.3, 0.4) is 0 Å². The number of hydrogen-bond acceptors (Lipinski definition) is 6. The van der Waals surface area contributed by atoms with Gasteiger partial charge >= 0.3 is 10.4 Å². The summed E-state index contributed by atoms with van der Waals surface area (Å²) in [4.78, 5) is 9.79. The summed E-state index contributed by atoms with van der Waals surface area (Å²) >= 11 is 0. The first kappa shape index (κ1) is 18.0. The van der Waals surface area contributed by atoms with Crippen LogP contribution in [0.1, 0.15) is 5.56 Å². The molecule has 0 unspecified atom stereocenters. The van der Waals surface area contributed by atoms with Crippen LogP contribution in [-0.2, 0) is 29.4 Å². The smallest absolute Gasteiger partial charge is 0.370 e. The molecule has 1 N–H and O–H groups in total. The van der Waals surface area contributed by atoms with Crippen molar-refractivity contribution in [1.29, 1.82) is 0 Å². The number of sulfonamides is 1. The van der Waals surface area contributed by atoms with Gasteiger partial charge in [0.15, 0.2) is 0 Å². The second-order valence-corrected chi connectivity index (χ2v) is 5.81. The van der Waals surface area contributed by atoms with Crippen LogP contribution in [-0.4, -0.2) is 27.5 Å². The number of hydrogen-bond donors (Lipinski definition) is 1. The molecule has 0 spiro atoms. The fraction of sp³-hybridized carbons (Fsp3) is 0.100. The molecular weight excluding hydrogens is 310 g/mol. The predicted molar refractivity (Wildman–Crippen MR) is 69.3 cm³/mol. The van der Waals surface area contributed by atoms with E-state index in [1.165, 1.54) is 12.1 Å². The van der Waals surface area contributed by atoms with Gasteiger partial charge in [-0.15, -0.1) is 0 Å². The van der Waals surface area contributed by atoms with E-state index in [1.54, 1.807) is 12.1 Å². The van der Waals surface area contributed by atoms with E-state index in [1.807, 2.05) is 6.92 Å². The number of aryl methyl sites for hydroxylation is 1. The quantitative estimate of drug-likeness (QED) is 0.379. The van der Waals surface area contributed by atoms with Crippen LogP contribution in [0.25, 0.3) is 0 Å². The van der Waals surface area contributed by atoms with Crippen LogP contribution >= 0.6 is 0 Å². The summed E-state index contributed by atoms with van der Waals surface area (Å²) in [5, 5.41) is 0. The Balaban J connectivity index is 0.000000441. The minimum absolute atomic E-state index is 0.00134. The third-order valence-corrected chi connectivity index (χ3v) is 3.23. The van der Waals surface area contributed by atoms with E-state index < -0.39 is 20.4 Å². The predicted octanol–water partition coefficient (Wildman–Crippen LogP) is 0.969. The topological polar surface area (TPSA) is 127 Å². The zero-order valence-electron chi connectivity index (χ0n) is 10.3. The fourth-order valence-electron chi connectivity index (χ4n) is 0.898. The summed E-state index contributed by atoms with van der Waals surface area (Å²) < 4.78 is 55.2. The Kier molecular flexibility index (Phi) is 6.80. The highest BCUT2D eigenvalue weighted by molar-refractivity contribution is 7.90. The number of isocyanates is 1. The summed E-state index contributed by atoms with van der Waals surface area (Å²) in [6.45, 7) is 4.72. The van der Waals surface area contributed by atoms with Gasteiger partial charge in [0.05, 0.1) is 4.90 Å². The van der Waals surface area contributed by atoms with Crippen molar-refractivity contribution in [3.63, 3.8) is 0 Å². The normalized spacial score (nSPS) is 10.5. The number of benzene rings is 1. The SMILES string of the molecule is C=COS(=O)(=O)O.Cc1ccc(S(=O)(=O)N=C=O)cc1. The van der Waals surface area contributed by atoms with E-state index in [2.05, 4.69) is 15.2 Å². The van der Waals surface area contributed by atoms with Crippen molar-refractivity contribution < 1.29 is 30.4 Å². The molecule has 0 aliphatic carbocycles. The molecule has 0 bridgehead atoms. The maximum Gasteiger partial charge on any atom is 0.445 e. The molecule has 0 aliphatic rings. The lowest BCUT2D eigenvalue weighted by atomic mass is 10.2. The van der Waals surface area contributed by atoms with Crippen LogP contribution in [0.15, 0.2) is 46.4 Å². The summed E-state index contributed by atoms with van der Waals surface area (Å²) in [5.74, 6) is 0. The van der Waals surface area contributed by atoms with Gasteiger partial charge in [-0.25, -0.2) is 4.79 Å². The van der Waals surface area contributed by atoms with Crippen molar-refractivity contribution >= 4 is 26.5 Å². The standard InChI is InChI=1S/C8H7NO3S.C2H4O4S/c1-7-2-4-8(5-3-7)13(11,12)9-6-10;1-2-6-7(3,4)5/h2-5H,1H3;2H,1H2,(H,3,4,5). The van der Waals surface area contributed by atoms with E-state index in [0.29, 0.717) is 6.26 Å². The largest absolute Gasteiger partial charge is 0.445 e. The highest BCUT2D eigenvalue weighted by Crippen LogP contribution is 2.11. The van der Waals surface area contributed by atoms with E-state index in [-0.39, 0.29) is 4.90 Å². The molecule has 0 amide bonds. The van der Waals surface area contributed by atoms with Crippen molar-refractivity contribution in [2.45, 2.75) is 11.8 Å². The molecule has 110 valence electrons. The lowest BCUT2D eigenvalue weighted by Crippen LogP contribution is -1.96. The molecule has 0 saturated carbocycles. The van der Waals surface area contributed by atoms with Crippen molar-refractivity contribution in [2.75, 3.05) is 0 Å². The van der Waals surface area contributed by atoms with Gasteiger partial charge in [0.2, 0.25) is 0 Å². The average Bonchev–Trinajstić information content (AvgIpc) is 2.28. The molecule has 20 heavy (non-hydrogen) atoms. The van der Waals surface area contributed by atoms with Crippen LogP contribution < -0.4 is 0 Å². The first-order valence-electron chi connectivity index (χ1n) is 4.80. The maximum absolute atomic E-state index is 11.1. The van der Waals surface area contributed by atoms with Crippen molar-refractivity contribution in [1.82, 2.24) is 0 Å². The van der Waals surface area contributed by atoms with Gasteiger partial charge in [-0.05, 0) is 19.1 Å². The Morgan fingerprint density at radius 1 is 1.25 bits per heavy atom. The second kappa shape index (κ2) is 7.56. The van der Waals surface area contributed by atoms with Crippen molar-refractivity contribution in [2.24, 2.45) is 4.40 Å². The first-order chi connectivity index (χ1) is 9.12. The minimum atomic E-state index is -4.29. The molecule has 0 radical (unpaired) electrons. The summed E-state index contributed by atoms with van der Waals surface area (Å²) in [6.07, 6.45) is 1.63. The third kappa shape index (κ3) is 7.44. The number of rotatable bonds is 4. The molecule has 8 nitrogen and oxygen atoms in total. The van der Waals surface area contributed by atoms with Crippen LogP contribution in [0, 0.1) is 6.92 Å². The summed E-state index contributed by atoms with van der Waals surface area (Å²) in [7, 11) is -8.12. The zero-order valence-corrected chi connectivity index (χ0v) is 11.9. The van der Waals surface area contributed by atoms with Crippen LogP contribution in [0.4, 0.5) is 0 Å². The van der Waals surface area contributed by atoms with Crippen molar-refractivity contribution in [3.8, 4) is 0 Å². The molecule has 0 aliphatic heterocycles. The average molecular weight is 321 g/mol. The molecule has 1 aromatic carbocycles. The van der Waals surface area contributed by atoms with E-state index in [4.69, 9.17) is 4.55 Å². The van der Waals surface area contributed by atoms with Gasteiger partial charge in [-0.2, -0.15) is 16.8 Å². The van der Waals surface area contributed by atoms with Crippen LogP contribution in [0.2, 0.25) is 0 Å². The molecule has 0 heterocycles. The zero-order chi connectivity index (χ0) is 15.8. The molecule has 0 aromatic heterocycles. The molecule has 0 fully saturated rings. The Bertz CT molecular complexity index is 698. The van der Waals surface area contributed by atoms with E-state index in [9.17, 15) is 21.6 Å². The highest BCUT2D eigenvalue weighted by atomic mass is 32.3. The number of nitrogens with zero attached hydrogens (tertiary/aromatic N) is 1. The second-order valence-electron chi connectivity index (χ2n) is 3.16. The molecule has 10 heteroatoms. The lowest BCUT2D eigenvalue weighted by molar-refractivity contribution is 0.357. The number of carbonyl (C=O) groups excluding carboxylic acids is 1. The van der Waals surface area contributed by atoms with Gasteiger partial charge in [0.1, 0.15) is 6.26 Å². The van der Waals surface area contributed by atoms with Gasteiger partial charge in [-0.1, -0.05) is 28.7 Å². The molecule has 1 rings (SSSR count). The van der Waals surface area contributed by atoms with Crippen LogP contribution in [0.5, 0.6) is 0 Å². The lowest BCUT2D eigenvalue weighted by Gasteiger charge is -1.96. The van der Waals surface area contributed by atoms with Gasteiger partial charge < -0.3 is 4.18 Å². The third-order valence-electron chi connectivity index (χ3n) is 1.67. The van der Waals surface area contributed by atoms with Gasteiger partial charge in [0, 0.05) is 0 Å². The Labute approximate surface area is 116 Å². The fourth-order valence-corrected chi connectivity index (χ4v) is 1.75. The molecule has 0 atom stereocenters. The van der Waals surface area contributed by atoms with E-state index in [0.717, 1.165) is 11.6 Å². The Hall–Kier alpha value is -2.00. The van der Waals surface area contributed by atoms with E-state index >= 15 is 0 Å². The van der Waals surface area contributed by atoms with Gasteiger partial charge in [0.25, 0.3) is 16.1 Å². The first-order valence-corrected chi connectivity index (χ1v) is 7.60. The molecular formula is C10H11NO7S2.